The number of esters is 1. The van der Waals surface area contributed by atoms with Crippen LogP contribution in [0.5, 0.6) is 0 Å². The van der Waals surface area contributed by atoms with Crippen molar-refractivity contribution in [3.05, 3.63) is 0 Å². The molecule has 4 heteroatoms. The highest BCUT2D eigenvalue weighted by Gasteiger charge is 2.25. The molecule has 0 aromatic heterocycles. The van der Waals surface area contributed by atoms with E-state index in [1.807, 2.05) is 6.92 Å². The fourth-order valence-electron chi connectivity index (χ4n) is 2.10. The molecule has 4 nitrogen and oxygen atoms in total. The van der Waals surface area contributed by atoms with Gasteiger partial charge in [0.25, 0.3) is 0 Å². The lowest BCUT2D eigenvalue weighted by Crippen LogP contribution is -2.36. The SMILES string of the molecule is COC(=O)CC(C)NC1CCC(OC)C1. The number of hydrogen-bond acceptors (Lipinski definition) is 4. The van der Waals surface area contributed by atoms with Crippen LogP contribution in [0.2, 0.25) is 0 Å². The van der Waals surface area contributed by atoms with Gasteiger partial charge in [-0.25, -0.2) is 0 Å². The minimum absolute atomic E-state index is 0.156. The summed E-state index contributed by atoms with van der Waals surface area (Å²) >= 11 is 0. The fraction of sp³-hybridized carbons (Fsp3) is 0.909. The van der Waals surface area contributed by atoms with Crippen molar-refractivity contribution >= 4 is 5.97 Å². The van der Waals surface area contributed by atoms with E-state index in [1.54, 1.807) is 7.11 Å². The number of ether oxygens (including phenoxy) is 2. The molecule has 0 spiro atoms. The number of carbonyl (C=O) groups excluding carboxylic acids is 1. The standard InChI is InChI=1S/C11H21NO3/c1-8(6-11(13)15-3)12-9-4-5-10(7-9)14-2/h8-10,12H,4-7H2,1-3H3. The first kappa shape index (κ1) is 12.5. The minimum atomic E-state index is -0.156. The lowest BCUT2D eigenvalue weighted by molar-refractivity contribution is -0.141. The summed E-state index contributed by atoms with van der Waals surface area (Å²) in [4.78, 5) is 11.0. The highest BCUT2D eigenvalue weighted by molar-refractivity contribution is 5.69. The summed E-state index contributed by atoms with van der Waals surface area (Å²) in [5.74, 6) is -0.156. The van der Waals surface area contributed by atoms with Crippen LogP contribution in [0.1, 0.15) is 32.6 Å². The summed E-state index contributed by atoms with van der Waals surface area (Å²) in [6.45, 7) is 2.01. The maximum atomic E-state index is 11.0. The van der Waals surface area contributed by atoms with Crippen molar-refractivity contribution in [3.8, 4) is 0 Å². The van der Waals surface area contributed by atoms with Gasteiger partial charge in [-0.15, -0.1) is 0 Å². The number of hydrogen-bond donors (Lipinski definition) is 1. The van der Waals surface area contributed by atoms with Crippen LogP contribution in [-0.4, -0.2) is 38.4 Å². The summed E-state index contributed by atoms with van der Waals surface area (Å²) in [6.07, 6.45) is 4.10. The van der Waals surface area contributed by atoms with Crippen molar-refractivity contribution in [2.24, 2.45) is 0 Å². The van der Waals surface area contributed by atoms with Crippen molar-refractivity contribution in [1.29, 1.82) is 0 Å². The van der Waals surface area contributed by atoms with Gasteiger partial charge in [0, 0.05) is 19.2 Å². The number of carbonyl (C=O) groups is 1. The zero-order chi connectivity index (χ0) is 11.3. The number of nitrogens with one attached hydrogen (secondary N) is 1. The molecule has 0 bridgehead atoms. The van der Waals surface area contributed by atoms with Gasteiger partial charge in [-0.1, -0.05) is 0 Å². The summed E-state index contributed by atoms with van der Waals surface area (Å²) in [5.41, 5.74) is 0. The summed E-state index contributed by atoms with van der Waals surface area (Å²) in [6, 6.07) is 0.660. The normalized spacial score (nSPS) is 27.7. The predicted octanol–water partition coefficient (Wildman–Crippen LogP) is 1.10. The average Bonchev–Trinajstić information content (AvgIpc) is 2.65. The monoisotopic (exact) mass is 215 g/mol. The molecule has 3 atom stereocenters. The molecular formula is C11H21NO3. The Bertz CT molecular complexity index is 208. The highest BCUT2D eigenvalue weighted by atomic mass is 16.5. The van der Waals surface area contributed by atoms with E-state index in [-0.39, 0.29) is 12.0 Å². The van der Waals surface area contributed by atoms with Crippen LogP contribution in [0.4, 0.5) is 0 Å². The van der Waals surface area contributed by atoms with E-state index in [2.05, 4.69) is 10.1 Å². The maximum Gasteiger partial charge on any atom is 0.307 e. The quantitative estimate of drug-likeness (QED) is 0.698. The molecule has 1 aliphatic rings. The zero-order valence-electron chi connectivity index (χ0n) is 9.79. The molecule has 0 aliphatic heterocycles. The van der Waals surface area contributed by atoms with Crippen LogP contribution in [0.25, 0.3) is 0 Å². The van der Waals surface area contributed by atoms with Crippen molar-refractivity contribution in [2.45, 2.75) is 50.8 Å². The van der Waals surface area contributed by atoms with E-state index in [0.717, 1.165) is 19.3 Å². The van der Waals surface area contributed by atoms with E-state index in [9.17, 15) is 4.79 Å². The van der Waals surface area contributed by atoms with Gasteiger partial charge >= 0.3 is 5.97 Å². The number of rotatable bonds is 5. The lowest BCUT2D eigenvalue weighted by atomic mass is 10.2. The number of methoxy groups -OCH3 is 2. The average molecular weight is 215 g/mol. The molecule has 1 saturated carbocycles. The molecule has 0 heterocycles. The molecule has 0 radical (unpaired) electrons. The Morgan fingerprint density at radius 3 is 2.73 bits per heavy atom. The van der Waals surface area contributed by atoms with Gasteiger partial charge in [0.2, 0.25) is 0 Å². The van der Waals surface area contributed by atoms with Gasteiger partial charge in [0.15, 0.2) is 0 Å². The molecule has 1 fully saturated rings. The van der Waals surface area contributed by atoms with Gasteiger partial charge in [-0.2, -0.15) is 0 Å². The highest BCUT2D eigenvalue weighted by Crippen LogP contribution is 2.21. The Morgan fingerprint density at radius 2 is 2.20 bits per heavy atom. The summed E-state index contributed by atoms with van der Waals surface area (Å²) in [7, 11) is 3.18. The van der Waals surface area contributed by atoms with E-state index >= 15 is 0 Å². The van der Waals surface area contributed by atoms with Gasteiger partial charge < -0.3 is 14.8 Å². The van der Waals surface area contributed by atoms with Crippen molar-refractivity contribution in [2.75, 3.05) is 14.2 Å². The molecular weight excluding hydrogens is 194 g/mol. The van der Waals surface area contributed by atoms with Gasteiger partial charge in [0.1, 0.15) is 0 Å². The van der Waals surface area contributed by atoms with Gasteiger partial charge in [-0.3, -0.25) is 4.79 Å². The van der Waals surface area contributed by atoms with E-state index in [1.165, 1.54) is 7.11 Å². The van der Waals surface area contributed by atoms with E-state index < -0.39 is 0 Å². The second-order valence-electron chi connectivity index (χ2n) is 4.22. The topological polar surface area (TPSA) is 47.6 Å². The van der Waals surface area contributed by atoms with Gasteiger partial charge in [-0.05, 0) is 26.2 Å². The van der Waals surface area contributed by atoms with Crippen molar-refractivity contribution < 1.29 is 14.3 Å². The van der Waals surface area contributed by atoms with Crippen molar-refractivity contribution in [3.63, 3.8) is 0 Å². The smallest absolute Gasteiger partial charge is 0.307 e. The summed E-state index contributed by atoms with van der Waals surface area (Å²) in [5, 5.41) is 3.43. The first-order chi connectivity index (χ1) is 7.15. The van der Waals surface area contributed by atoms with Crippen LogP contribution >= 0.6 is 0 Å². The molecule has 0 amide bonds. The van der Waals surface area contributed by atoms with Crippen molar-refractivity contribution in [1.82, 2.24) is 5.32 Å². The Balaban J connectivity index is 2.21. The third-order valence-electron chi connectivity index (χ3n) is 2.94. The minimum Gasteiger partial charge on any atom is -0.469 e. The lowest BCUT2D eigenvalue weighted by Gasteiger charge is -2.18. The molecule has 1 rings (SSSR count). The Morgan fingerprint density at radius 1 is 1.47 bits per heavy atom. The van der Waals surface area contributed by atoms with E-state index in [4.69, 9.17) is 4.74 Å². The molecule has 15 heavy (non-hydrogen) atoms. The van der Waals surface area contributed by atoms with Crippen LogP contribution in [0.15, 0.2) is 0 Å². The van der Waals surface area contributed by atoms with Crippen LogP contribution in [0.3, 0.4) is 0 Å². The Kier molecular flexibility index (Phi) is 5.05. The summed E-state index contributed by atoms with van der Waals surface area (Å²) < 4.78 is 9.92. The third kappa shape index (κ3) is 4.18. The fourth-order valence-corrected chi connectivity index (χ4v) is 2.10. The molecule has 1 N–H and O–H groups in total. The zero-order valence-corrected chi connectivity index (χ0v) is 9.79. The van der Waals surface area contributed by atoms with Gasteiger partial charge in [0.05, 0.1) is 19.6 Å². The molecule has 0 saturated heterocycles. The Hall–Kier alpha value is -0.610. The molecule has 1 aliphatic carbocycles. The molecule has 3 unspecified atom stereocenters. The molecule has 0 aromatic carbocycles. The predicted molar refractivity (Wildman–Crippen MR) is 57.7 cm³/mol. The first-order valence-electron chi connectivity index (χ1n) is 5.51. The van der Waals surface area contributed by atoms with Crippen LogP contribution < -0.4 is 5.32 Å². The largest absolute Gasteiger partial charge is 0.469 e. The Labute approximate surface area is 91.3 Å². The second-order valence-corrected chi connectivity index (χ2v) is 4.22. The van der Waals surface area contributed by atoms with Crippen LogP contribution in [-0.2, 0) is 14.3 Å². The first-order valence-corrected chi connectivity index (χ1v) is 5.51. The van der Waals surface area contributed by atoms with E-state index in [0.29, 0.717) is 18.6 Å². The maximum absolute atomic E-state index is 11.0. The molecule has 88 valence electrons. The molecule has 0 aromatic rings. The second kappa shape index (κ2) is 6.08. The third-order valence-corrected chi connectivity index (χ3v) is 2.94. The van der Waals surface area contributed by atoms with Crippen LogP contribution in [0, 0.1) is 0 Å².